The van der Waals surface area contributed by atoms with Crippen molar-refractivity contribution in [2.75, 3.05) is 39.8 Å². The van der Waals surface area contributed by atoms with E-state index in [1.165, 1.54) is 0 Å². The van der Waals surface area contributed by atoms with E-state index < -0.39 is 0 Å². The van der Waals surface area contributed by atoms with Crippen LogP contribution in [0.25, 0.3) is 0 Å². The van der Waals surface area contributed by atoms with Crippen LogP contribution in [0.3, 0.4) is 0 Å². The minimum atomic E-state index is 0.123. The lowest BCUT2D eigenvalue weighted by molar-refractivity contribution is 0.153. The minimum Gasteiger partial charge on any atom is -0.508 e. The lowest BCUT2D eigenvalue weighted by Gasteiger charge is -2.32. The molecular formula is C14H20Cl2N2O. The van der Waals surface area contributed by atoms with Gasteiger partial charge in [0, 0.05) is 36.2 Å². The van der Waals surface area contributed by atoms with Crippen molar-refractivity contribution >= 4 is 23.2 Å². The van der Waals surface area contributed by atoms with Crippen LogP contribution < -0.4 is 0 Å². The maximum Gasteiger partial charge on any atom is 0.118 e. The molecule has 1 fully saturated rings. The molecule has 0 unspecified atom stereocenters. The van der Waals surface area contributed by atoms with Crippen LogP contribution in [0.2, 0.25) is 10.0 Å². The van der Waals surface area contributed by atoms with Crippen molar-refractivity contribution in [3.8, 4) is 5.75 Å². The van der Waals surface area contributed by atoms with Crippen LogP contribution >= 0.6 is 23.2 Å². The summed E-state index contributed by atoms with van der Waals surface area (Å²) in [6, 6.07) is 3.11. The summed E-state index contributed by atoms with van der Waals surface area (Å²) in [4.78, 5) is 4.83. The summed E-state index contributed by atoms with van der Waals surface area (Å²) in [7, 11) is 2.16. The molecule has 0 aliphatic carbocycles. The predicted octanol–water partition coefficient (Wildman–Crippen LogP) is 2.88. The Bertz CT molecular complexity index is 408. The van der Waals surface area contributed by atoms with Crippen molar-refractivity contribution in [2.45, 2.75) is 12.8 Å². The second-order valence-electron chi connectivity index (χ2n) is 5.14. The van der Waals surface area contributed by atoms with E-state index in [2.05, 4.69) is 16.8 Å². The largest absolute Gasteiger partial charge is 0.508 e. The van der Waals surface area contributed by atoms with Gasteiger partial charge in [-0.2, -0.15) is 0 Å². The van der Waals surface area contributed by atoms with Gasteiger partial charge >= 0.3 is 0 Å². The molecule has 1 saturated heterocycles. The molecular weight excluding hydrogens is 283 g/mol. The Morgan fingerprint density at radius 2 is 1.68 bits per heavy atom. The Morgan fingerprint density at radius 3 is 2.26 bits per heavy atom. The third kappa shape index (κ3) is 4.25. The van der Waals surface area contributed by atoms with Gasteiger partial charge < -0.3 is 14.9 Å². The van der Waals surface area contributed by atoms with Crippen molar-refractivity contribution in [3.05, 3.63) is 27.7 Å². The molecule has 2 rings (SSSR count). The molecule has 0 aromatic heterocycles. The highest BCUT2D eigenvalue weighted by molar-refractivity contribution is 6.36. The quantitative estimate of drug-likeness (QED) is 0.926. The molecule has 0 amide bonds. The van der Waals surface area contributed by atoms with Crippen LogP contribution in [-0.2, 0) is 6.42 Å². The zero-order valence-electron chi connectivity index (χ0n) is 11.2. The van der Waals surface area contributed by atoms with E-state index >= 15 is 0 Å². The number of likely N-dealkylation sites (N-methyl/N-ethyl adjacent to an activating group) is 1. The van der Waals surface area contributed by atoms with E-state index in [1.807, 2.05) is 0 Å². The first kappa shape index (κ1) is 14.9. The molecule has 106 valence electrons. The number of hydrogen-bond donors (Lipinski definition) is 1. The fourth-order valence-electron chi connectivity index (χ4n) is 2.38. The Balaban J connectivity index is 1.83. The molecule has 0 saturated carbocycles. The van der Waals surface area contributed by atoms with Crippen molar-refractivity contribution in [1.82, 2.24) is 9.80 Å². The van der Waals surface area contributed by atoms with Crippen LogP contribution in [0, 0.1) is 0 Å². The number of hydrogen-bond acceptors (Lipinski definition) is 3. The van der Waals surface area contributed by atoms with Crippen LogP contribution in [0.5, 0.6) is 5.75 Å². The van der Waals surface area contributed by atoms with Crippen LogP contribution in [0.1, 0.15) is 12.0 Å². The fourth-order valence-corrected chi connectivity index (χ4v) is 3.04. The number of phenols is 1. The summed E-state index contributed by atoms with van der Waals surface area (Å²) in [6.07, 6.45) is 1.89. The number of halogens is 2. The average Bonchev–Trinajstić information content (AvgIpc) is 2.34. The van der Waals surface area contributed by atoms with Gasteiger partial charge in [0.25, 0.3) is 0 Å². The second kappa shape index (κ2) is 6.80. The lowest BCUT2D eigenvalue weighted by Crippen LogP contribution is -2.44. The van der Waals surface area contributed by atoms with Gasteiger partial charge in [0.1, 0.15) is 5.75 Å². The summed E-state index contributed by atoms with van der Waals surface area (Å²) in [5.74, 6) is 0.123. The molecule has 19 heavy (non-hydrogen) atoms. The molecule has 1 aromatic rings. The zero-order chi connectivity index (χ0) is 13.8. The highest BCUT2D eigenvalue weighted by Gasteiger charge is 2.14. The third-order valence-electron chi connectivity index (χ3n) is 3.62. The normalized spacial score (nSPS) is 17.8. The molecule has 1 aromatic carbocycles. The standard InChI is InChI=1S/C14H20Cl2N2O/c1-17-5-7-18(8-6-17)4-2-3-12-13(15)9-11(19)10-14(12)16/h9-10,19H,2-8H2,1H3. The van der Waals surface area contributed by atoms with Crippen molar-refractivity contribution in [1.29, 1.82) is 0 Å². The summed E-state index contributed by atoms with van der Waals surface area (Å²) in [5, 5.41) is 10.5. The number of phenolic OH excluding ortho intramolecular Hbond substituents is 1. The van der Waals surface area contributed by atoms with Crippen LogP contribution in [0.15, 0.2) is 12.1 Å². The molecule has 1 heterocycles. The third-order valence-corrected chi connectivity index (χ3v) is 4.30. The molecule has 1 N–H and O–H groups in total. The minimum absolute atomic E-state index is 0.123. The Labute approximate surface area is 124 Å². The van der Waals surface area contributed by atoms with Gasteiger partial charge in [0.15, 0.2) is 0 Å². The van der Waals surface area contributed by atoms with Crippen molar-refractivity contribution in [2.24, 2.45) is 0 Å². The fraction of sp³-hybridized carbons (Fsp3) is 0.571. The van der Waals surface area contributed by atoms with Crippen molar-refractivity contribution < 1.29 is 5.11 Å². The van der Waals surface area contributed by atoms with Crippen molar-refractivity contribution in [3.63, 3.8) is 0 Å². The van der Waals surface area contributed by atoms with Gasteiger partial charge in [-0.3, -0.25) is 0 Å². The average molecular weight is 303 g/mol. The number of benzene rings is 1. The Kier molecular flexibility index (Phi) is 5.34. The summed E-state index contributed by atoms with van der Waals surface area (Å²) < 4.78 is 0. The topological polar surface area (TPSA) is 26.7 Å². The number of piperazine rings is 1. The summed E-state index contributed by atoms with van der Waals surface area (Å²) in [6.45, 7) is 5.61. The molecule has 0 bridgehead atoms. The van der Waals surface area contributed by atoms with E-state index in [-0.39, 0.29) is 5.75 Å². The highest BCUT2D eigenvalue weighted by Crippen LogP contribution is 2.30. The Morgan fingerprint density at radius 1 is 1.11 bits per heavy atom. The van der Waals surface area contributed by atoms with Crippen LogP contribution in [-0.4, -0.2) is 54.7 Å². The van der Waals surface area contributed by atoms with E-state index in [0.29, 0.717) is 10.0 Å². The number of nitrogens with zero attached hydrogens (tertiary/aromatic N) is 2. The summed E-state index contributed by atoms with van der Waals surface area (Å²) >= 11 is 12.2. The number of aromatic hydroxyl groups is 1. The SMILES string of the molecule is CN1CCN(CCCc2c(Cl)cc(O)cc2Cl)CC1. The zero-order valence-corrected chi connectivity index (χ0v) is 12.7. The van der Waals surface area contributed by atoms with Gasteiger partial charge in [0.2, 0.25) is 0 Å². The molecule has 0 spiro atoms. The molecule has 3 nitrogen and oxygen atoms in total. The first-order valence-electron chi connectivity index (χ1n) is 6.64. The van der Waals surface area contributed by atoms with E-state index in [0.717, 1.165) is 51.1 Å². The molecule has 5 heteroatoms. The lowest BCUT2D eigenvalue weighted by atomic mass is 10.1. The second-order valence-corrected chi connectivity index (χ2v) is 5.95. The first-order chi connectivity index (χ1) is 9.06. The first-order valence-corrected chi connectivity index (χ1v) is 7.39. The molecule has 1 aliphatic heterocycles. The van der Waals surface area contributed by atoms with Gasteiger partial charge in [-0.15, -0.1) is 0 Å². The molecule has 0 atom stereocenters. The van der Waals surface area contributed by atoms with E-state index in [4.69, 9.17) is 23.2 Å². The maximum atomic E-state index is 9.39. The van der Waals surface area contributed by atoms with Crippen LogP contribution in [0.4, 0.5) is 0 Å². The van der Waals surface area contributed by atoms with E-state index in [1.54, 1.807) is 12.1 Å². The van der Waals surface area contributed by atoms with Gasteiger partial charge in [-0.1, -0.05) is 23.2 Å². The van der Waals surface area contributed by atoms with Gasteiger partial charge in [-0.05, 0) is 44.1 Å². The highest BCUT2D eigenvalue weighted by atomic mass is 35.5. The smallest absolute Gasteiger partial charge is 0.118 e. The monoisotopic (exact) mass is 302 g/mol. The predicted molar refractivity (Wildman–Crippen MR) is 80.4 cm³/mol. The maximum absolute atomic E-state index is 9.39. The van der Waals surface area contributed by atoms with Gasteiger partial charge in [-0.25, -0.2) is 0 Å². The van der Waals surface area contributed by atoms with E-state index in [9.17, 15) is 5.11 Å². The van der Waals surface area contributed by atoms with Gasteiger partial charge in [0.05, 0.1) is 0 Å². The Hall–Kier alpha value is -0.480. The number of rotatable bonds is 4. The molecule has 1 aliphatic rings. The summed E-state index contributed by atoms with van der Waals surface area (Å²) in [5.41, 5.74) is 0.940. The molecule has 0 radical (unpaired) electrons.